The molecule has 2 aromatic heterocycles. The number of aliphatic carboxylic acids is 1. The van der Waals surface area contributed by atoms with Crippen LogP contribution in [0.1, 0.15) is 50.9 Å². The smallest absolute Gasteiger partial charge is 0.475 e. The van der Waals surface area contributed by atoms with Crippen molar-refractivity contribution in [3.63, 3.8) is 0 Å². The Labute approximate surface area is 192 Å². The van der Waals surface area contributed by atoms with Crippen molar-refractivity contribution in [1.82, 2.24) is 14.6 Å². The summed E-state index contributed by atoms with van der Waals surface area (Å²) in [5.74, 6) is -1.56. The number of aromatic nitrogens is 1. The maximum absolute atomic E-state index is 12.6. The Kier molecular flexibility index (Phi) is 9.16. The SMILES string of the molecule is CCC(CC)NC(=O)c1ccc2ccc(N3CCN(C(C)C)CC3)n2c1.O=C(O)C(F)(F)F. The average Bonchev–Trinajstić information content (AvgIpc) is 3.20. The molecule has 0 saturated carbocycles. The zero-order valence-corrected chi connectivity index (χ0v) is 19.5. The normalized spacial score (nSPS) is 15.0. The molecule has 3 rings (SSSR count). The number of pyridine rings is 1. The fourth-order valence-corrected chi connectivity index (χ4v) is 3.71. The lowest BCUT2D eigenvalue weighted by Crippen LogP contribution is -2.49. The van der Waals surface area contributed by atoms with Crippen LogP contribution in [0.15, 0.2) is 30.5 Å². The van der Waals surface area contributed by atoms with Crippen molar-refractivity contribution in [2.24, 2.45) is 0 Å². The van der Waals surface area contributed by atoms with E-state index in [1.807, 2.05) is 18.3 Å². The number of piperazine rings is 1. The van der Waals surface area contributed by atoms with Crippen LogP contribution in [-0.2, 0) is 4.79 Å². The average molecular weight is 471 g/mol. The van der Waals surface area contributed by atoms with E-state index in [1.165, 1.54) is 5.82 Å². The van der Waals surface area contributed by atoms with Crippen LogP contribution in [-0.4, -0.2) is 70.7 Å². The van der Waals surface area contributed by atoms with Gasteiger partial charge in [-0.05, 0) is 51.0 Å². The Balaban J connectivity index is 0.000000479. The summed E-state index contributed by atoms with van der Waals surface area (Å²) in [7, 11) is 0. The van der Waals surface area contributed by atoms with Crippen molar-refractivity contribution in [3.05, 3.63) is 36.0 Å². The monoisotopic (exact) mass is 470 g/mol. The lowest BCUT2D eigenvalue weighted by molar-refractivity contribution is -0.192. The number of alkyl halides is 3. The van der Waals surface area contributed by atoms with E-state index < -0.39 is 12.1 Å². The number of carbonyl (C=O) groups is 2. The fraction of sp³-hybridized carbons (Fsp3) is 0.565. The van der Waals surface area contributed by atoms with Gasteiger partial charge in [-0.15, -0.1) is 0 Å². The summed E-state index contributed by atoms with van der Waals surface area (Å²) in [5.41, 5.74) is 1.85. The van der Waals surface area contributed by atoms with Crippen LogP contribution in [0.2, 0.25) is 0 Å². The fourth-order valence-electron chi connectivity index (χ4n) is 3.71. The largest absolute Gasteiger partial charge is 0.490 e. The summed E-state index contributed by atoms with van der Waals surface area (Å²) in [4.78, 5) is 26.4. The van der Waals surface area contributed by atoms with Gasteiger partial charge in [0, 0.05) is 50.0 Å². The summed E-state index contributed by atoms with van der Waals surface area (Å²) in [6, 6.07) is 9.10. The van der Waals surface area contributed by atoms with Gasteiger partial charge in [0.15, 0.2) is 0 Å². The molecule has 0 aliphatic carbocycles. The number of amides is 1. The molecule has 0 spiro atoms. The minimum absolute atomic E-state index is 0.0184. The molecule has 1 aliphatic heterocycles. The molecule has 7 nitrogen and oxygen atoms in total. The standard InChI is InChI=1S/C21H32N4O.C2HF3O2/c1-5-18(6-2)22-21(26)17-7-8-19-9-10-20(25(19)15-17)24-13-11-23(12-14-24)16(3)4;3-2(4,5)1(6)7/h7-10,15-16,18H,5-6,11-14H2,1-4H3,(H,22,26);(H,6,7). The third kappa shape index (κ3) is 7.12. The van der Waals surface area contributed by atoms with Gasteiger partial charge in [-0.1, -0.05) is 13.8 Å². The van der Waals surface area contributed by atoms with Gasteiger partial charge in [-0.3, -0.25) is 9.69 Å². The Hall–Kier alpha value is -2.75. The lowest BCUT2D eigenvalue weighted by Gasteiger charge is -2.37. The van der Waals surface area contributed by atoms with Crippen LogP contribution in [0.5, 0.6) is 0 Å². The van der Waals surface area contributed by atoms with Crippen molar-refractivity contribution in [3.8, 4) is 0 Å². The van der Waals surface area contributed by atoms with Gasteiger partial charge in [0.2, 0.25) is 0 Å². The Morgan fingerprint density at radius 3 is 2.06 bits per heavy atom. The van der Waals surface area contributed by atoms with E-state index in [0.717, 1.165) is 50.1 Å². The van der Waals surface area contributed by atoms with Gasteiger partial charge in [-0.2, -0.15) is 13.2 Å². The van der Waals surface area contributed by atoms with E-state index in [0.29, 0.717) is 6.04 Å². The van der Waals surface area contributed by atoms with Crippen molar-refractivity contribution < 1.29 is 27.9 Å². The quantitative estimate of drug-likeness (QED) is 0.667. The topological polar surface area (TPSA) is 77.3 Å². The van der Waals surface area contributed by atoms with Crippen molar-refractivity contribution in [1.29, 1.82) is 0 Å². The number of fused-ring (bicyclic) bond motifs is 1. The summed E-state index contributed by atoms with van der Waals surface area (Å²) >= 11 is 0. The number of carbonyl (C=O) groups excluding carboxylic acids is 1. The molecule has 1 saturated heterocycles. The number of rotatable bonds is 6. The van der Waals surface area contributed by atoms with Crippen LogP contribution in [0.3, 0.4) is 0 Å². The van der Waals surface area contributed by atoms with E-state index in [9.17, 15) is 18.0 Å². The first-order valence-corrected chi connectivity index (χ1v) is 11.2. The maximum Gasteiger partial charge on any atom is 0.490 e. The number of hydrogen-bond acceptors (Lipinski definition) is 4. The number of nitrogens with zero attached hydrogens (tertiary/aromatic N) is 3. The number of hydrogen-bond donors (Lipinski definition) is 2. The molecule has 0 unspecified atom stereocenters. The number of halogens is 3. The Bertz CT molecular complexity index is 931. The minimum Gasteiger partial charge on any atom is -0.475 e. The van der Waals surface area contributed by atoms with Crippen LogP contribution < -0.4 is 10.2 Å². The lowest BCUT2D eigenvalue weighted by atomic mass is 10.1. The zero-order chi connectivity index (χ0) is 24.8. The predicted octanol–water partition coefficient (Wildman–Crippen LogP) is 4.02. The summed E-state index contributed by atoms with van der Waals surface area (Å²) in [5, 5.41) is 10.3. The highest BCUT2D eigenvalue weighted by molar-refractivity contribution is 5.94. The number of carboxylic acid groups (broad SMARTS) is 1. The summed E-state index contributed by atoms with van der Waals surface area (Å²) in [6.07, 6.45) is -1.18. The minimum atomic E-state index is -5.08. The Morgan fingerprint density at radius 1 is 1.03 bits per heavy atom. The maximum atomic E-state index is 12.6. The molecule has 1 amide bonds. The second-order valence-electron chi connectivity index (χ2n) is 8.31. The molecule has 1 aliphatic rings. The van der Waals surface area contributed by atoms with Crippen molar-refractivity contribution in [2.75, 3.05) is 31.1 Å². The predicted molar refractivity (Wildman–Crippen MR) is 122 cm³/mol. The molecule has 2 aromatic rings. The molecule has 3 heterocycles. The van der Waals surface area contributed by atoms with Crippen LogP contribution >= 0.6 is 0 Å². The van der Waals surface area contributed by atoms with Gasteiger partial charge in [-0.25, -0.2) is 4.79 Å². The van der Waals surface area contributed by atoms with Crippen LogP contribution in [0, 0.1) is 0 Å². The van der Waals surface area contributed by atoms with E-state index in [-0.39, 0.29) is 11.9 Å². The van der Waals surface area contributed by atoms with Crippen molar-refractivity contribution in [2.45, 2.75) is 58.8 Å². The molecule has 0 aromatic carbocycles. The first-order chi connectivity index (χ1) is 15.5. The molecule has 10 heteroatoms. The van der Waals surface area contributed by atoms with Gasteiger partial charge in [0.25, 0.3) is 5.91 Å². The number of nitrogens with one attached hydrogen (secondary N) is 1. The first kappa shape index (κ1) is 26.5. The molecule has 2 N–H and O–H groups in total. The highest BCUT2D eigenvalue weighted by atomic mass is 19.4. The second-order valence-corrected chi connectivity index (χ2v) is 8.31. The van der Waals surface area contributed by atoms with Gasteiger partial charge >= 0.3 is 12.1 Å². The third-order valence-electron chi connectivity index (χ3n) is 5.82. The third-order valence-corrected chi connectivity index (χ3v) is 5.82. The van der Waals surface area contributed by atoms with Gasteiger partial charge < -0.3 is 19.7 Å². The number of anilines is 1. The molecule has 0 atom stereocenters. The van der Waals surface area contributed by atoms with Crippen LogP contribution in [0.4, 0.5) is 19.0 Å². The molecule has 0 radical (unpaired) electrons. The zero-order valence-electron chi connectivity index (χ0n) is 19.5. The highest BCUT2D eigenvalue weighted by Crippen LogP contribution is 2.22. The number of carboxylic acids is 1. The van der Waals surface area contributed by atoms with Crippen molar-refractivity contribution >= 4 is 23.2 Å². The molecular formula is C23H33F3N4O3. The highest BCUT2D eigenvalue weighted by Gasteiger charge is 2.38. The molecule has 0 bridgehead atoms. The van der Waals surface area contributed by atoms with E-state index in [4.69, 9.17) is 9.90 Å². The van der Waals surface area contributed by atoms with Gasteiger partial charge in [0.1, 0.15) is 5.82 Å². The molecule has 33 heavy (non-hydrogen) atoms. The van der Waals surface area contributed by atoms with Crippen LogP contribution in [0.25, 0.3) is 5.52 Å². The second kappa shape index (κ2) is 11.4. The Morgan fingerprint density at radius 2 is 1.58 bits per heavy atom. The van der Waals surface area contributed by atoms with Gasteiger partial charge in [0.05, 0.1) is 5.56 Å². The first-order valence-electron chi connectivity index (χ1n) is 11.2. The van der Waals surface area contributed by atoms with E-state index >= 15 is 0 Å². The summed E-state index contributed by atoms with van der Waals surface area (Å²) < 4.78 is 33.9. The molecule has 1 fully saturated rings. The van der Waals surface area contributed by atoms with E-state index in [2.05, 4.69) is 59.3 Å². The van der Waals surface area contributed by atoms with E-state index in [1.54, 1.807) is 0 Å². The summed E-state index contributed by atoms with van der Waals surface area (Å²) in [6.45, 7) is 12.9. The molecular weight excluding hydrogens is 437 g/mol. The molecule has 184 valence electrons.